The molecule has 1 aliphatic heterocycles. The summed E-state index contributed by atoms with van der Waals surface area (Å²) >= 11 is 0. The monoisotopic (exact) mass is 447 g/mol. The van der Waals surface area contributed by atoms with Gasteiger partial charge in [-0.25, -0.2) is 4.39 Å². The minimum atomic E-state index is -0.605. The minimum Gasteiger partial charge on any atom is -0.494 e. The van der Waals surface area contributed by atoms with Gasteiger partial charge in [0.2, 0.25) is 11.8 Å². The zero-order chi connectivity index (χ0) is 23.4. The molecule has 0 aliphatic carbocycles. The molecule has 7 heteroatoms. The number of benzene rings is 2. The number of carbonyl (C=O) groups is 2. The third-order valence-electron chi connectivity index (χ3n) is 5.98. The molecule has 6 nitrogen and oxygen atoms in total. The summed E-state index contributed by atoms with van der Waals surface area (Å²) < 4.78 is 19.0. The number of carbonyl (C=O) groups excluding carboxylic acids is 2. The van der Waals surface area contributed by atoms with Crippen LogP contribution in [0.2, 0.25) is 0 Å². The first kappa shape index (κ1) is 22.5. The van der Waals surface area contributed by atoms with Gasteiger partial charge in [0.25, 0.3) is 0 Å². The summed E-state index contributed by atoms with van der Waals surface area (Å²) in [5, 5.41) is 0. The van der Waals surface area contributed by atoms with Crippen molar-refractivity contribution in [2.24, 2.45) is 0 Å². The van der Waals surface area contributed by atoms with Crippen molar-refractivity contribution >= 4 is 11.8 Å². The Balaban J connectivity index is 1.55. The van der Waals surface area contributed by atoms with Gasteiger partial charge in [-0.15, -0.1) is 0 Å². The molecule has 0 N–H and O–H groups in total. The molecule has 2 heterocycles. The molecule has 4 rings (SSSR count). The number of rotatable bonds is 6. The maximum Gasteiger partial charge on any atom is 0.245 e. The van der Waals surface area contributed by atoms with Crippen molar-refractivity contribution in [3.63, 3.8) is 0 Å². The molecule has 1 aromatic heterocycles. The number of hydrogen-bond acceptors (Lipinski definition) is 4. The normalized spacial score (nSPS) is 16.1. The topological polar surface area (TPSA) is 62.7 Å². The predicted octanol–water partition coefficient (Wildman–Crippen LogP) is 3.35. The number of hydrogen-bond donors (Lipinski definition) is 0. The first-order chi connectivity index (χ1) is 16.0. The number of nitrogens with zero attached hydrogens (tertiary/aromatic N) is 3. The molecule has 33 heavy (non-hydrogen) atoms. The van der Waals surface area contributed by atoms with Gasteiger partial charge in [0.15, 0.2) is 11.6 Å². The smallest absolute Gasteiger partial charge is 0.245 e. The van der Waals surface area contributed by atoms with Gasteiger partial charge >= 0.3 is 0 Å². The summed E-state index contributed by atoms with van der Waals surface area (Å²) in [7, 11) is 3.15. The first-order valence-electron chi connectivity index (χ1n) is 10.8. The highest BCUT2D eigenvalue weighted by Gasteiger charge is 2.35. The largest absolute Gasteiger partial charge is 0.494 e. The Hall–Kier alpha value is -3.74. The van der Waals surface area contributed by atoms with E-state index < -0.39 is 11.9 Å². The molecule has 1 unspecified atom stereocenters. The van der Waals surface area contributed by atoms with Crippen LogP contribution < -0.4 is 4.74 Å². The molecule has 1 saturated heterocycles. The van der Waals surface area contributed by atoms with E-state index in [0.717, 1.165) is 16.7 Å². The van der Waals surface area contributed by atoms with Crippen LogP contribution in [-0.4, -0.2) is 59.9 Å². The second-order valence-corrected chi connectivity index (χ2v) is 8.15. The summed E-state index contributed by atoms with van der Waals surface area (Å²) in [5.74, 6) is -0.671. The lowest BCUT2D eigenvalue weighted by molar-refractivity contribution is -0.149. The number of ether oxygens (including phenoxy) is 1. The summed E-state index contributed by atoms with van der Waals surface area (Å²) in [6.45, 7) is 0.906. The molecule has 1 fully saturated rings. The van der Waals surface area contributed by atoms with Crippen molar-refractivity contribution in [1.29, 1.82) is 0 Å². The fourth-order valence-electron chi connectivity index (χ4n) is 4.15. The number of amides is 2. The Labute approximate surface area is 192 Å². The second-order valence-electron chi connectivity index (χ2n) is 8.15. The Morgan fingerprint density at radius 2 is 1.85 bits per heavy atom. The van der Waals surface area contributed by atoms with Crippen LogP contribution >= 0.6 is 0 Å². The van der Waals surface area contributed by atoms with E-state index in [-0.39, 0.29) is 24.0 Å². The molecule has 0 radical (unpaired) electrons. The number of aromatic nitrogens is 1. The Kier molecular flexibility index (Phi) is 6.68. The van der Waals surface area contributed by atoms with Gasteiger partial charge in [-0.1, -0.05) is 30.3 Å². The van der Waals surface area contributed by atoms with Crippen LogP contribution in [0.5, 0.6) is 5.75 Å². The summed E-state index contributed by atoms with van der Waals surface area (Å²) in [4.78, 5) is 33.6. The van der Waals surface area contributed by atoms with Gasteiger partial charge in [-0.05, 0) is 46.5 Å². The minimum absolute atomic E-state index is 0.0193. The molecule has 2 aromatic carbocycles. The first-order valence-corrected chi connectivity index (χ1v) is 10.8. The van der Waals surface area contributed by atoms with Gasteiger partial charge in [0, 0.05) is 39.0 Å². The maximum absolute atomic E-state index is 14.1. The van der Waals surface area contributed by atoms with Gasteiger partial charge in [-0.2, -0.15) is 0 Å². The van der Waals surface area contributed by atoms with Gasteiger partial charge < -0.3 is 14.5 Å². The molecule has 0 spiro atoms. The Morgan fingerprint density at radius 3 is 2.58 bits per heavy atom. The van der Waals surface area contributed by atoms with Crippen molar-refractivity contribution in [2.75, 3.05) is 27.2 Å². The summed E-state index contributed by atoms with van der Waals surface area (Å²) in [6.07, 6.45) is 3.91. The summed E-state index contributed by atoms with van der Waals surface area (Å²) in [6, 6.07) is 15.7. The summed E-state index contributed by atoms with van der Waals surface area (Å²) in [5.41, 5.74) is 3.57. The quantitative estimate of drug-likeness (QED) is 0.582. The predicted molar refractivity (Wildman–Crippen MR) is 123 cm³/mol. The van der Waals surface area contributed by atoms with Crippen molar-refractivity contribution in [1.82, 2.24) is 14.8 Å². The molecule has 1 aliphatic rings. The van der Waals surface area contributed by atoms with E-state index in [0.29, 0.717) is 25.1 Å². The van der Waals surface area contributed by atoms with Crippen LogP contribution in [0, 0.1) is 5.82 Å². The van der Waals surface area contributed by atoms with E-state index in [4.69, 9.17) is 4.74 Å². The lowest BCUT2D eigenvalue weighted by Crippen LogP contribution is -2.58. The third-order valence-corrected chi connectivity index (χ3v) is 5.98. The zero-order valence-corrected chi connectivity index (χ0v) is 18.7. The Bertz CT molecular complexity index is 1150. The van der Waals surface area contributed by atoms with Gasteiger partial charge in [0.1, 0.15) is 6.04 Å². The number of halogens is 1. The van der Waals surface area contributed by atoms with E-state index in [1.165, 1.54) is 19.2 Å². The van der Waals surface area contributed by atoms with Crippen LogP contribution in [-0.2, 0) is 22.4 Å². The molecular weight excluding hydrogens is 421 g/mol. The number of methoxy groups -OCH3 is 1. The third kappa shape index (κ3) is 5.03. The average Bonchev–Trinajstić information content (AvgIpc) is 2.83. The highest BCUT2D eigenvalue weighted by molar-refractivity contribution is 5.89. The van der Waals surface area contributed by atoms with Crippen molar-refractivity contribution in [2.45, 2.75) is 18.9 Å². The SMILES string of the molecule is COc1ccc(CC(=O)N2CCN(C)C(=O)C2Cc2cccc(-c3ccncc3)c2)cc1F. The van der Waals surface area contributed by atoms with Crippen molar-refractivity contribution < 1.29 is 18.7 Å². The standard InChI is InChI=1S/C26H26FN3O3/c1-29-12-13-30(25(31)17-19-6-7-24(33-2)22(27)15-19)23(26(29)32)16-18-4-3-5-21(14-18)20-8-10-28-11-9-20/h3-11,14-15,23H,12-13,16-17H2,1-2H3. The molecule has 0 saturated carbocycles. The lowest BCUT2D eigenvalue weighted by atomic mass is 9.97. The second kappa shape index (κ2) is 9.81. The number of piperazine rings is 1. The van der Waals surface area contributed by atoms with Crippen molar-refractivity contribution in [3.8, 4) is 16.9 Å². The number of pyridine rings is 1. The molecule has 2 amide bonds. The van der Waals surface area contributed by atoms with Crippen LogP contribution in [0.25, 0.3) is 11.1 Å². The molecule has 3 aromatic rings. The molecule has 170 valence electrons. The maximum atomic E-state index is 14.1. The molecular formula is C26H26FN3O3. The Morgan fingerprint density at radius 1 is 1.06 bits per heavy atom. The van der Waals surface area contributed by atoms with Crippen LogP contribution in [0.1, 0.15) is 11.1 Å². The highest BCUT2D eigenvalue weighted by atomic mass is 19.1. The van der Waals surface area contributed by atoms with E-state index in [2.05, 4.69) is 4.98 Å². The van der Waals surface area contributed by atoms with E-state index >= 15 is 0 Å². The van der Waals surface area contributed by atoms with Crippen LogP contribution in [0.4, 0.5) is 4.39 Å². The van der Waals surface area contributed by atoms with E-state index in [1.54, 1.807) is 35.3 Å². The number of likely N-dealkylation sites (N-methyl/N-ethyl adjacent to an activating group) is 1. The fourth-order valence-corrected chi connectivity index (χ4v) is 4.15. The lowest BCUT2D eigenvalue weighted by Gasteiger charge is -2.39. The van der Waals surface area contributed by atoms with Crippen LogP contribution in [0.3, 0.4) is 0 Å². The zero-order valence-electron chi connectivity index (χ0n) is 18.7. The van der Waals surface area contributed by atoms with Gasteiger partial charge in [0.05, 0.1) is 13.5 Å². The fraction of sp³-hybridized carbons (Fsp3) is 0.269. The van der Waals surface area contributed by atoms with Crippen molar-refractivity contribution in [3.05, 3.63) is 83.9 Å². The van der Waals surface area contributed by atoms with E-state index in [1.807, 2.05) is 36.4 Å². The van der Waals surface area contributed by atoms with E-state index in [9.17, 15) is 14.0 Å². The highest BCUT2D eigenvalue weighted by Crippen LogP contribution is 2.24. The van der Waals surface area contributed by atoms with Crippen LogP contribution in [0.15, 0.2) is 67.0 Å². The van der Waals surface area contributed by atoms with Gasteiger partial charge in [-0.3, -0.25) is 14.6 Å². The molecule has 0 bridgehead atoms. The molecule has 1 atom stereocenters. The average molecular weight is 448 g/mol.